The number of hydrogen-bond donors (Lipinski definition) is 0. The van der Waals surface area contributed by atoms with Gasteiger partial charge in [0.2, 0.25) is 9.84 Å². The third kappa shape index (κ3) is 6.34. The van der Waals surface area contributed by atoms with Gasteiger partial charge in [0.15, 0.2) is 16.4 Å². The molecule has 228 valence electrons. The van der Waals surface area contributed by atoms with Gasteiger partial charge in [0.1, 0.15) is 0 Å². The van der Waals surface area contributed by atoms with E-state index in [9.17, 15) is 22.8 Å². The van der Waals surface area contributed by atoms with Crippen LogP contribution in [0.4, 0.5) is 0 Å². The van der Waals surface area contributed by atoms with Crippen LogP contribution < -0.4 is 9.47 Å². The van der Waals surface area contributed by atoms with Crippen LogP contribution in [0.15, 0.2) is 98.5 Å². The summed E-state index contributed by atoms with van der Waals surface area (Å²) in [5.74, 6) is -1.76. The van der Waals surface area contributed by atoms with Crippen molar-refractivity contribution in [2.75, 3.05) is 6.61 Å². The molecule has 0 unspecified atom stereocenters. The van der Waals surface area contributed by atoms with Gasteiger partial charge < -0.3 is 14.2 Å². The molecule has 2 heterocycles. The Morgan fingerprint density at radius 1 is 0.682 bits per heavy atom. The van der Waals surface area contributed by atoms with Crippen molar-refractivity contribution in [3.8, 4) is 11.5 Å². The van der Waals surface area contributed by atoms with Crippen molar-refractivity contribution in [1.82, 2.24) is 0 Å². The molecule has 0 amide bonds. The fourth-order valence-corrected chi connectivity index (χ4v) is 12.1. The molecule has 0 aliphatic carbocycles. The van der Waals surface area contributed by atoms with E-state index in [1.165, 1.54) is 49.5 Å². The van der Waals surface area contributed by atoms with Gasteiger partial charge in [-0.25, -0.2) is 13.2 Å². The molecule has 2 aliphatic rings. The minimum absolute atomic E-state index is 0.0442. The lowest BCUT2D eigenvalue weighted by Crippen LogP contribution is -2.17. The molecule has 0 fully saturated rings. The number of ether oxygens (including phenoxy) is 3. The standard InChI is InChI=1S/C31H26O8S5/c1-5-21(19-13-9-7-10-14-19)30-40-24-22(38-17(3)32)26-27(23(25(24)41-30)39-18(4)33)43-31(42-26)28(29(34)37-6-2)44(35,36)20-15-11-8-12-16-20/h7-16H,5-6H2,1-4H3. The second-order valence-corrected chi connectivity index (χ2v) is 15.7. The molecule has 3 aromatic carbocycles. The van der Waals surface area contributed by atoms with Crippen LogP contribution in [-0.4, -0.2) is 32.9 Å². The number of esters is 3. The first-order valence-corrected chi connectivity index (χ1v) is 18.1. The van der Waals surface area contributed by atoms with Crippen LogP contribution in [0, 0.1) is 0 Å². The van der Waals surface area contributed by atoms with Crippen LogP contribution in [0.3, 0.4) is 0 Å². The molecule has 0 bridgehead atoms. The molecule has 44 heavy (non-hydrogen) atoms. The minimum Gasteiger partial charge on any atom is -0.462 e. The maximum absolute atomic E-state index is 13.8. The number of sulfone groups is 1. The van der Waals surface area contributed by atoms with Crippen molar-refractivity contribution in [2.45, 2.75) is 58.6 Å². The third-order valence-electron chi connectivity index (χ3n) is 6.20. The van der Waals surface area contributed by atoms with Crippen LogP contribution >= 0.6 is 47.0 Å². The SMILES string of the molecule is CCOC(=O)C(=C1Sc2c(OC(C)=O)c3c(c(OC(C)=O)c2S1)SC(=C(CC)c1ccccc1)S3)S(=O)(=O)c1ccccc1. The molecule has 13 heteroatoms. The topological polar surface area (TPSA) is 113 Å². The van der Waals surface area contributed by atoms with Gasteiger partial charge in [0, 0.05) is 13.8 Å². The third-order valence-corrected chi connectivity index (χ3v) is 13.5. The highest BCUT2D eigenvalue weighted by molar-refractivity contribution is 8.26. The highest BCUT2D eigenvalue weighted by Gasteiger charge is 2.42. The van der Waals surface area contributed by atoms with Gasteiger partial charge >= 0.3 is 17.9 Å². The van der Waals surface area contributed by atoms with Gasteiger partial charge in [0.25, 0.3) is 0 Å². The van der Waals surface area contributed by atoms with Crippen molar-refractivity contribution in [3.63, 3.8) is 0 Å². The second-order valence-electron chi connectivity index (χ2n) is 9.21. The minimum atomic E-state index is -4.33. The molecule has 0 saturated heterocycles. The first kappa shape index (κ1) is 32.3. The Morgan fingerprint density at radius 2 is 1.14 bits per heavy atom. The zero-order chi connectivity index (χ0) is 31.6. The van der Waals surface area contributed by atoms with Crippen molar-refractivity contribution >= 4 is 80.4 Å². The van der Waals surface area contributed by atoms with Crippen LogP contribution in [0.2, 0.25) is 0 Å². The number of carbonyl (C=O) groups excluding carboxylic acids is 3. The molecule has 0 N–H and O–H groups in total. The summed E-state index contributed by atoms with van der Waals surface area (Å²) in [5, 5.41) is 0. The lowest BCUT2D eigenvalue weighted by atomic mass is 10.1. The Kier molecular flexibility index (Phi) is 9.90. The number of hydrogen-bond acceptors (Lipinski definition) is 12. The Balaban J connectivity index is 1.74. The van der Waals surface area contributed by atoms with Crippen LogP contribution in [0.1, 0.15) is 39.7 Å². The van der Waals surface area contributed by atoms with Gasteiger partial charge in [-0.3, -0.25) is 9.59 Å². The van der Waals surface area contributed by atoms with Crippen molar-refractivity contribution < 1.29 is 37.0 Å². The smallest absolute Gasteiger partial charge is 0.351 e. The lowest BCUT2D eigenvalue weighted by molar-refractivity contribution is -0.137. The molecule has 0 spiro atoms. The number of benzene rings is 3. The normalized spacial score (nSPS) is 13.6. The highest BCUT2D eigenvalue weighted by Crippen LogP contribution is 2.69. The second kappa shape index (κ2) is 13.5. The van der Waals surface area contributed by atoms with E-state index in [-0.39, 0.29) is 27.2 Å². The van der Waals surface area contributed by atoms with E-state index in [1.807, 2.05) is 37.3 Å². The first-order chi connectivity index (χ1) is 21.1. The van der Waals surface area contributed by atoms with Crippen LogP contribution in [0.25, 0.3) is 5.57 Å². The molecule has 0 saturated carbocycles. The first-order valence-electron chi connectivity index (χ1n) is 13.4. The van der Waals surface area contributed by atoms with E-state index >= 15 is 0 Å². The van der Waals surface area contributed by atoms with Crippen LogP contribution in [0.5, 0.6) is 11.5 Å². The van der Waals surface area contributed by atoms with E-state index in [4.69, 9.17) is 14.2 Å². The molecule has 8 nitrogen and oxygen atoms in total. The number of carbonyl (C=O) groups is 3. The summed E-state index contributed by atoms with van der Waals surface area (Å²) in [6.45, 7) is 6.14. The zero-order valence-corrected chi connectivity index (χ0v) is 28.1. The lowest BCUT2D eigenvalue weighted by Gasteiger charge is -2.15. The van der Waals surface area contributed by atoms with Gasteiger partial charge in [-0.2, -0.15) is 0 Å². The Hall–Kier alpha value is -3.10. The molecule has 0 atom stereocenters. The van der Waals surface area contributed by atoms with Gasteiger partial charge in [-0.1, -0.05) is 103 Å². The van der Waals surface area contributed by atoms with E-state index in [0.717, 1.165) is 45.3 Å². The highest BCUT2D eigenvalue weighted by atomic mass is 32.2. The average molecular weight is 687 g/mol. The van der Waals surface area contributed by atoms with Crippen molar-refractivity contribution in [3.05, 3.63) is 79.6 Å². The van der Waals surface area contributed by atoms with Gasteiger partial charge in [0.05, 0.1) is 39.6 Å². The number of allylic oxidation sites excluding steroid dienone is 1. The Bertz CT molecular complexity index is 1770. The average Bonchev–Trinajstić information content (AvgIpc) is 3.62. The predicted octanol–water partition coefficient (Wildman–Crippen LogP) is 7.92. The summed E-state index contributed by atoms with van der Waals surface area (Å²) in [6, 6.07) is 17.5. The predicted molar refractivity (Wildman–Crippen MR) is 173 cm³/mol. The van der Waals surface area contributed by atoms with Gasteiger partial charge in [-0.05, 0) is 36.6 Å². The molecule has 3 aromatic rings. The molecule has 0 aromatic heterocycles. The number of rotatable bonds is 8. The molecular weight excluding hydrogens is 661 g/mol. The molecular formula is C31H26O8S5. The number of thioether (sulfide) groups is 4. The quantitative estimate of drug-likeness (QED) is 0.130. The summed E-state index contributed by atoms with van der Waals surface area (Å²) in [6.07, 6.45) is 0.718. The monoisotopic (exact) mass is 686 g/mol. The van der Waals surface area contributed by atoms with E-state index in [1.54, 1.807) is 25.1 Å². The van der Waals surface area contributed by atoms with E-state index in [2.05, 4.69) is 0 Å². The molecule has 5 rings (SSSR count). The largest absolute Gasteiger partial charge is 0.462 e. The maximum Gasteiger partial charge on any atom is 0.351 e. The van der Waals surface area contributed by atoms with Crippen LogP contribution in [-0.2, 0) is 29.0 Å². The maximum atomic E-state index is 13.8. The van der Waals surface area contributed by atoms with E-state index in [0.29, 0.717) is 19.6 Å². The zero-order valence-electron chi connectivity index (χ0n) is 24.0. The summed E-state index contributed by atoms with van der Waals surface area (Å²) < 4.78 is 45.4. The Morgan fingerprint density at radius 3 is 1.57 bits per heavy atom. The number of fused-ring (bicyclic) bond motifs is 2. The summed E-state index contributed by atoms with van der Waals surface area (Å²) in [7, 11) is -4.33. The summed E-state index contributed by atoms with van der Waals surface area (Å²) in [4.78, 5) is 39.3. The summed E-state index contributed by atoms with van der Waals surface area (Å²) >= 11 is 4.71. The van der Waals surface area contributed by atoms with E-state index < -0.39 is 32.7 Å². The van der Waals surface area contributed by atoms with Crippen molar-refractivity contribution in [1.29, 1.82) is 0 Å². The van der Waals surface area contributed by atoms with Gasteiger partial charge in [-0.15, -0.1) is 0 Å². The fourth-order valence-electron chi connectivity index (χ4n) is 4.41. The fraction of sp³-hybridized carbons (Fsp3) is 0.194. The molecule has 0 radical (unpaired) electrons. The summed E-state index contributed by atoms with van der Waals surface area (Å²) in [5.41, 5.74) is 2.10. The van der Waals surface area contributed by atoms with Crippen molar-refractivity contribution in [2.24, 2.45) is 0 Å². The molecule has 2 aliphatic heterocycles. The Labute approximate surface area is 272 Å².